The van der Waals surface area contributed by atoms with Crippen molar-refractivity contribution in [3.05, 3.63) is 65.2 Å². The van der Waals surface area contributed by atoms with Gasteiger partial charge in [-0.3, -0.25) is 4.98 Å². The van der Waals surface area contributed by atoms with E-state index in [9.17, 15) is 40.2 Å². The molecule has 3 N–H and O–H groups in total. The van der Waals surface area contributed by atoms with Crippen molar-refractivity contribution in [2.75, 3.05) is 24.5 Å². The van der Waals surface area contributed by atoms with Crippen molar-refractivity contribution >= 4 is 16.7 Å². The first-order valence-corrected chi connectivity index (χ1v) is 12.5. The van der Waals surface area contributed by atoms with Crippen molar-refractivity contribution in [3.8, 4) is 22.5 Å². The molecule has 1 fully saturated rings. The van der Waals surface area contributed by atoms with Gasteiger partial charge < -0.3 is 20.3 Å². The molecule has 4 aromatic rings. The monoisotopic (exact) mass is 585 g/mol. The van der Waals surface area contributed by atoms with Crippen LogP contribution >= 0.6 is 0 Å². The molecule has 0 radical (unpaired) electrons. The number of pyridine rings is 1. The number of imidazole rings is 1. The fourth-order valence-electron chi connectivity index (χ4n) is 5.07. The van der Waals surface area contributed by atoms with Gasteiger partial charge in [0.1, 0.15) is 23.0 Å². The molecule has 0 bridgehead atoms. The van der Waals surface area contributed by atoms with Crippen LogP contribution < -0.4 is 10.2 Å². The third-order valence-corrected chi connectivity index (χ3v) is 6.98. The molecule has 14 heteroatoms. The van der Waals surface area contributed by atoms with E-state index in [4.69, 9.17) is 0 Å². The molecule has 0 spiro atoms. The first-order chi connectivity index (χ1) is 19.3. The van der Waals surface area contributed by atoms with Crippen LogP contribution in [-0.4, -0.2) is 58.0 Å². The number of alkyl halides is 3. The first-order valence-electron chi connectivity index (χ1n) is 12.5. The summed E-state index contributed by atoms with van der Waals surface area (Å²) in [6.45, 7) is 1.25. The number of aryl methyl sites for hydroxylation is 1. The molecule has 5 rings (SSSR count). The minimum atomic E-state index is -4.37. The molecule has 1 saturated heterocycles. The average Bonchev–Trinajstić information content (AvgIpc) is 3.30. The number of nitrogens with zero attached hydrogens (tertiary/aromatic N) is 3. The Kier molecular flexibility index (Phi) is 7.64. The maximum absolute atomic E-state index is 14.5. The SMILES string of the molecule is Cc1ncc(-c2cc(F)cc(F)c2)c(N2CC[C@@H](NCCC(F)(F)F)[C@@H](O)C2)c1-c1nc2c(F)c(F)c(F)cc2[nH]1. The Morgan fingerprint density at radius 2 is 1.76 bits per heavy atom. The highest BCUT2D eigenvalue weighted by Gasteiger charge is 2.33. The van der Waals surface area contributed by atoms with Gasteiger partial charge in [-0.05, 0) is 31.0 Å². The standard InChI is InChI=1S/C27H23F8N5O/c1-12-21(26-38-19-9-17(30)22(31)23(32)24(19)39-26)25(16(10-37-12)13-6-14(28)8-15(29)7-13)40-5-2-18(20(41)11-40)36-4-3-27(33,34)35/h6-10,18,20,36,41H,2-5,11H2,1H3,(H,38,39)/t18-,20+/m1/s1. The summed E-state index contributed by atoms with van der Waals surface area (Å²) in [6.07, 6.45) is -5.04. The van der Waals surface area contributed by atoms with Crippen molar-refractivity contribution in [1.29, 1.82) is 0 Å². The highest BCUT2D eigenvalue weighted by Crippen LogP contribution is 2.42. The van der Waals surface area contributed by atoms with Gasteiger partial charge >= 0.3 is 6.18 Å². The third-order valence-electron chi connectivity index (χ3n) is 6.98. The molecule has 218 valence electrons. The van der Waals surface area contributed by atoms with Gasteiger partial charge in [-0.2, -0.15) is 13.2 Å². The smallest absolute Gasteiger partial charge is 0.390 e. The van der Waals surface area contributed by atoms with E-state index in [1.807, 2.05) is 0 Å². The number of aromatic amines is 1. The summed E-state index contributed by atoms with van der Waals surface area (Å²) in [5.41, 5.74) is 0.426. The molecule has 0 amide bonds. The largest absolute Gasteiger partial charge is 0.390 e. The van der Waals surface area contributed by atoms with Crippen LogP contribution in [0.2, 0.25) is 0 Å². The summed E-state index contributed by atoms with van der Waals surface area (Å²) in [4.78, 5) is 12.9. The molecule has 2 aromatic carbocycles. The number of H-pyrrole nitrogens is 1. The topological polar surface area (TPSA) is 77.1 Å². The maximum Gasteiger partial charge on any atom is 0.390 e. The van der Waals surface area contributed by atoms with Crippen molar-refractivity contribution in [1.82, 2.24) is 20.3 Å². The van der Waals surface area contributed by atoms with Crippen LogP contribution in [0.5, 0.6) is 0 Å². The second-order valence-corrected chi connectivity index (χ2v) is 9.83. The molecule has 0 saturated carbocycles. The minimum absolute atomic E-state index is 0.0532. The predicted octanol–water partition coefficient (Wildman–Crippen LogP) is 5.78. The van der Waals surface area contributed by atoms with Crippen molar-refractivity contribution in [3.63, 3.8) is 0 Å². The number of fused-ring (bicyclic) bond motifs is 1. The number of rotatable bonds is 6. The zero-order chi connectivity index (χ0) is 29.6. The Balaban J connectivity index is 1.61. The van der Waals surface area contributed by atoms with Crippen LogP contribution in [0.4, 0.5) is 40.8 Å². The summed E-state index contributed by atoms with van der Waals surface area (Å²) in [5.74, 6) is -6.47. The molecule has 0 unspecified atom stereocenters. The van der Waals surface area contributed by atoms with Gasteiger partial charge in [0, 0.05) is 49.6 Å². The van der Waals surface area contributed by atoms with Gasteiger partial charge in [-0.1, -0.05) is 0 Å². The van der Waals surface area contributed by atoms with Gasteiger partial charge in [-0.25, -0.2) is 26.9 Å². The van der Waals surface area contributed by atoms with Gasteiger partial charge in [-0.15, -0.1) is 0 Å². The van der Waals surface area contributed by atoms with Gasteiger partial charge in [0.15, 0.2) is 17.5 Å². The van der Waals surface area contributed by atoms with E-state index >= 15 is 0 Å². The number of β-amino-alcohol motifs (C(OH)–C–C–N with tert-alkyl or cyclic N) is 1. The van der Waals surface area contributed by atoms with E-state index in [0.717, 1.165) is 18.2 Å². The fraction of sp³-hybridized carbons (Fsp3) is 0.333. The predicted molar refractivity (Wildman–Crippen MR) is 135 cm³/mol. The molecule has 1 aliphatic rings. The molecule has 3 heterocycles. The van der Waals surface area contributed by atoms with Crippen molar-refractivity contribution < 1.29 is 40.2 Å². The van der Waals surface area contributed by atoms with Gasteiger partial charge in [0.05, 0.1) is 35.0 Å². The molecular weight excluding hydrogens is 562 g/mol. The van der Waals surface area contributed by atoms with Crippen LogP contribution in [0.3, 0.4) is 0 Å². The summed E-state index contributed by atoms with van der Waals surface area (Å²) in [7, 11) is 0. The second kappa shape index (κ2) is 10.9. The van der Waals surface area contributed by atoms with Crippen LogP contribution in [0, 0.1) is 36.0 Å². The molecular formula is C27H23F8N5O. The lowest BCUT2D eigenvalue weighted by Crippen LogP contribution is -2.53. The summed E-state index contributed by atoms with van der Waals surface area (Å²) < 4.78 is 109. The Labute approximate surface area is 228 Å². The summed E-state index contributed by atoms with van der Waals surface area (Å²) >= 11 is 0. The van der Waals surface area contributed by atoms with E-state index in [1.165, 1.54) is 6.20 Å². The zero-order valence-corrected chi connectivity index (χ0v) is 21.4. The van der Waals surface area contributed by atoms with Gasteiger partial charge in [0.2, 0.25) is 0 Å². The Bertz CT molecular complexity index is 1590. The first kappa shape index (κ1) is 28.7. The number of nitrogens with one attached hydrogen (secondary N) is 2. The van der Waals surface area contributed by atoms with E-state index in [0.29, 0.717) is 11.8 Å². The van der Waals surface area contributed by atoms with E-state index < -0.39 is 65.9 Å². The lowest BCUT2D eigenvalue weighted by atomic mass is 9.95. The normalized spacial score (nSPS) is 18.0. The maximum atomic E-state index is 14.5. The van der Waals surface area contributed by atoms with E-state index in [-0.39, 0.29) is 53.2 Å². The number of benzene rings is 2. The highest BCUT2D eigenvalue weighted by molar-refractivity contribution is 5.92. The molecule has 41 heavy (non-hydrogen) atoms. The average molecular weight is 585 g/mol. The Morgan fingerprint density at radius 3 is 2.41 bits per heavy atom. The highest BCUT2D eigenvalue weighted by atomic mass is 19.4. The Morgan fingerprint density at radius 1 is 1.05 bits per heavy atom. The summed E-state index contributed by atoms with van der Waals surface area (Å²) in [5, 5.41) is 13.6. The van der Waals surface area contributed by atoms with E-state index in [2.05, 4.69) is 20.3 Å². The number of anilines is 1. The lowest BCUT2D eigenvalue weighted by molar-refractivity contribution is -0.134. The Hall–Kier alpha value is -3.78. The van der Waals surface area contributed by atoms with Crippen LogP contribution in [-0.2, 0) is 0 Å². The van der Waals surface area contributed by atoms with Crippen LogP contribution in [0.15, 0.2) is 30.5 Å². The minimum Gasteiger partial charge on any atom is -0.390 e. The van der Waals surface area contributed by atoms with Crippen molar-refractivity contribution in [2.24, 2.45) is 0 Å². The van der Waals surface area contributed by atoms with E-state index in [1.54, 1.807) is 11.8 Å². The number of piperidine rings is 1. The second-order valence-electron chi connectivity index (χ2n) is 9.83. The molecule has 1 aliphatic heterocycles. The van der Waals surface area contributed by atoms with Crippen LogP contribution in [0.25, 0.3) is 33.5 Å². The number of hydrogen-bond donors (Lipinski definition) is 3. The number of hydrogen-bond acceptors (Lipinski definition) is 5. The fourth-order valence-corrected chi connectivity index (χ4v) is 5.07. The molecule has 0 aliphatic carbocycles. The molecule has 2 atom stereocenters. The quantitative estimate of drug-likeness (QED) is 0.198. The van der Waals surface area contributed by atoms with Crippen LogP contribution in [0.1, 0.15) is 18.5 Å². The van der Waals surface area contributed by atoms with Gasteiger partial charge in [0.25, 0.3) is 0 Å². The lowest BCUT2D eigenvalue weighted by Gasteiger charge is -2.39. The third kappa shape index (κ3) is 5.84. The zero-order valence-electron chi connectivity index (χ0n) is 21.4. The number of aliphatic hydroxyl groups is 1. The molecule has 6 nitrogen and oxygen atoms in total. The number of aromatic nitrogens is 3. The number of halogens is 8. The summed E-state index contributed by atoms with van der Waals surface area (Å²) in [6, 6.07) is 2.88. The molecule has 2 aromatic heterocycles. The number of aliphatic hydroxyl groups excluding tert-OH is 1. The van der Waals surface area contributed by atoms with Crippen molar-refractivity contribution in [2.45, 2.75) is 38.1 Å².